The van der Waals surface area contributed by atoms with Gasteiger partial charge < -0.3 is 10.1 Å². The fraction of sp³-hybridized carbons (Fsp3) is 0.320. The van der Waals surface area contributed by atoms with Crippen LogP contribution >= 0.6 is 0 Å². The summed E-state index contributed by atoms with van der Waals surface area (Å²) in [4.78, 5) is 52.4. The van der Waals surface area contributed by atoms with E-state index in [9.17, 15) is 24.5 Å². The topological polar surface area (TPSA) is 119 Å². The van der Waals surface area contributed by atoms with E-state index < -0.39 is 28.7 Å². The summed E-state index contributed by atoms with van der Waals surface area (Å²) in [5.74, 6) is -1.92. The van der Waals surface area contributed by atoms with E-state index in [-0.39, 0.29) is 47.2 Å². The Bertz CT molecular complexity index is 1180. The first kappa shape index (κ1) is 21.8. The lowest BCUT2D eigenvalue weighted by molar-refractivity contribution is -0.384. The summed E-state index contributed by atoms with van der Waals surface area (Å²) in [6.45, 7) is 0. The summed E-state index contributed by atoms with van der Waals surface area (Å²) < 4.78 is 5.05. The van der Waals surface area contributed by atoms with Crippen LogP contribution in [-0.2, 0) is 20.8 Å². The van der Waals surface area contributed by atoms with Crippen LogP contribution in [0.15, 0.2) is 60.7 Å². The molecule has 1 N–H and O–H groups in total. The van der Waals surface area contributed by atoms with Crippen molar-refractivity contribution in [1.82, 2.24) is 4.90 Å². The summed E-state index contributed by atoms with van der Waals surface area (Å²) in [6, 6.07) is 12.0. The van der Waals surface area contributed by atoms with Crippen LogP contribution in [0.25, 0.3) is 0 Å². The highest BCUT2D eigenvalue weighted by atomic mass is 16.6. The van der Waals surface area contributed by atoms with Gasteiger partial charge in [0.05, 0.1) is 29.9 Å². The Balaban J connectivity index is 1.48. The first-order valence-corrected chi connectivity index (χ1v) is 11.1. The number of rotatable bonds is 7. The van der Waals surface area contributed by atoms with E-state index >= 15 is 0 Å². The number of allylic oxidation sites excluding steroid dienone is 2. The van der Waals surface area contributed by atoms with E-state index in [1.807, 2.05) is 42.5 Å². The third-order valence-electron chi connectivity index (χ3n) is 7.05. The molecule has 1 saturated heterocycles. The second-order valence-corrected chi connectivity index (χ2v) is 8.88. The predicted octanol–water partition coefficient (Wildman–Crippen LogP) is 2.96. The summed E-state index contributed by atoms with van der Waals surface area (Å²) in [6.07, 6.45) is 4.88. The van der Waals surface area contributed by atoms with Crippen molar-refractivity contribution < 1.29 is 24.0 Å². The number of fused-ring (bicyclic) bond motifs is 5. The molecule has 5 rings (SSSR count). The lowest BCUT2D eigenvalue weighted by atomic mass is 9.85. The molecule has 1 aliphatic heterocycles. The SMILES string of the molecule is COc1ccc(NC(=O)[C@@H](Cc2ccccc2)N2C(=O)[C@@H]3[C@@H](C2=O)[C@H]2C=C[C@@H]3C2)c([N+](=O)[O-])c1. The van der Waals surface area contributed by atoms with Crippen molar-refractivity contribution >= 4 is 29.1 Å². The summed E-state index contributed by atoms with van der Waals surface area (Å²) in [5, 5.41) is 14.2. The largest absolute Gasteiger partial charge is 0.496 e. The number of methoxy groups -OCH3 is 1. The van der Waals surface area contributed by atoms with Crippen LogP contribution in [-0.4, -0.2) is 40.7 Å². The van der Waals surface area contributed by atoms with Gasteiger partial charge in [0.2, 0.25) is 17.7 Å². The standard InChI is InChI=1S/C25H23N3O6/c1-34-17-9-10-18(19(13-17)28(32)33)26-23(29)20(11-14-5-3-2-4-6-14)27-24(30)21-15-7-8-16(12-15)22(21)25(27)31/h2-10,13,15-16,20-22H,11-12H2,1H3,(H,26,29)/t15-,16+,20-,21+,22+/m1/s1. The number of carbonyl (C=O) groups is 3. The molecule has 174 valence electrons. The normalized spacial score (nSPS) is 25.4. The van der Waals surface area contributed by atoms with Crippen molar-refractivity contribution in [2.45, 2.75) is 18.9 Å². The number of benzene rings is 2. The van der Waals surface area contributed by atoms with Crippen molar-refractivity contribution in [2.24, 2.45) is 23.7 Å². The van der Waals surface area contributed by atoms with E-state index in [4.69, 9.17) is 4.74 Å². The number of likely N-dealkylation sites (tertiary alicyclic amines) is 1. The van der Waals surface area contributed by atoms with Gasteiger partial charge in [-0.25, -0.2) is 0 Å². The molecule has 3 aliphatic rings. The first-order valence-electron chi connectivity index (χ1n) is 11.1. The maximum Gasteiger partial charge on any atom is 0.296 e. The third kappa shape index (κ3) is 3.53. The number of carbonyl (C=O) groups excluding carboxylic acids is 3. The zero-order chi connectivity index (χ0) is 24.0. The van der Waals surface area contributed by atoms with Gasteiger partial charge in [-0.15, -0.1) is 0 Å². The van der Waals surface area contributed by atoms with Gasteiger partial charge in [0, 0.05) is 6.42 Å². The van der Waals surface area contributed by atoms with Crippen molar-refractivity contribution in [3.63, 3.8) is 0 Å². The number of anilines is 1. The molecule has 2 aromatic carbocycles. The van der Waals surface area contributed by atoms with Crippen molar-refractivity contribution in [2.75, 3.05) is 12.4 Å². The Morgan fingerprint density at radius 3 is 2.35 bits per heavy atom. The maximum absolute atomic E-state index is 13.5. The highest BCUT2D eigenvalue weighted by molar-refractivity contribution is 6.11. The number of hydrogen-bond donors (Lipinski definition) is 1. The van der Waals surface area contributed by atoms with E-state index in [2.05, 4.69) is 5.32 Å². The number of nitrogens with one attached hydrogen (secondary N) is 1. The van der Waals surface area contributed by atoms with Crippen LogP contribution < -0.4 is 10.1 Å². The van der Waals surface area contributed by atoms with Crippen LogP contribution in [0, 0.1) is 33.8 Å². The first-order chi connectivity index (χ1) is 16.4. The second-order valence-electron chi connectivity index (χ2n) is 8.88. The highest BCUT2D eigenvalue weighted by Gasteiger charge is 2.61. The van der Waals surface area contributed by atoms with Gasteiger partial charge in [-0.05, 0) is 36.0 Å². The zero-order valence-electron chi connectivity index (χ0n) is 18.4. The van der Waals surface area contributed by atoms with Crippen molar-refractivity contribution in [1.29, 1.82) is 0 Å². The fourth-order valence-corrected chi connectivity index (χ4v) is 5.48. The molecule has 2 bridgehead atoms. The fourth-order valence-electron chi connectivity index (χ4n) is 5.48. The Morgan fingerprint density at radius 2 is 1.76 bits per heavy atom. The number of nitro benzene ring substituents is 1. The molecule has 1 heterocycles. The van der Waals surface area contributed by atoms with E-state index in [0.717, 1.165) is 16.9 Å². The number of nitrogens with zero attached hydrogens (tertiary/aromatic N) is 2. The maximum atomic E-state index is 13.5. The lowest BCUT2D eigenvalue weighted by Crippen LogP contribution is -2.49. The molecule has 34 heavy (non-hydrogen) atoms. The van der Waals surface area contributed by atoms with Gasteiger partial charge in [-0.2, -0.15) is 0 Å². The van der Waals surface area contributed by atoms with Crippen LogP contribution in [0.3, 0.4) is 0 Å². The molecule has 0 unspecified atom stereocenters. The molecule has 9 heteroatoms. The van der Waals surface area contributed by atoms with E-state index in [1.165, 1.54) is 25.3 Å². The molecule has 9 nitrogen and oxygen atoms in total. The number of imide groups is 1. The minimum atomic E-state index is -1.13. The van der Waals surface area contributed by atoms with Crippen molar-refractivity contribution in [3.05, 3.63) is 76.4 Å². The van der Waals surface area contributed by atoms with E-state index in [0.29, 0.717) is 0 Å². The highest BCUT2D eigenvalue weighted by Crippen LogP contribution is 2.53. The Kier molecular flexibility index (Phi) is 5.39. The van der Waals surface area contributed by atoms with Crippen LogP contribution in [0.4, 0.5) is 11.4 Å². The van der Waals surface area contributed by atoms with Gasteiger partial charge in [0.15, 0.2) is 0 Å². The summed E-state index contributed by atoms with van der Waals surface area (Å²) >= 11 is 0. The lowest BCUT2D eigenvalue weighted by Gasteiger charge is -2.27. The molecule has 2 aromatic rings. The van der Waals surface area contributed by atoms with Crippen LogP contribution in [0.2, 0.25) is 0 Å². The molecule has 0 spiro atoms. The van der Waals surface area contributed by atoms with Gasteiger partial charge in [-0.3, -0.25) is 29.4 Å². The summed E-state index contributed by atoms with van der Waals surface area (Å²) in [5.41, 5.74) is 0.393. The molecule has 0 radical (unpaired) electrons. The molecule has 5 atom stereocenters. The second kappa shape index (κ2) is 8.40. The van der Waals surface area contributed by atoms with Crippen molar-refractivity contribution in [3.8, 4) is 5.75 Å². The average Bonchev–Trinajstić information content (AvgIpc) is 3.52. The Labute approximate surface area is 195 Å². The smallest absolute Gasteiger partial charge is 0.296 e. The monoisotopic (exact) mass is 461 g/mol. The minimum Gasteiger partial charge on any atom is -0.496 e. The molecule has 1 saturated carbocycles. The minimum absolute atomic E-state index is 0.0135. The van der Waals surface area contributed by atoms with Gasteiger partial charge in [-0.1, -0.05) is 42.5 Å². The molecule has 3 amide bonds. The quantitative estimate of drug-likeness (QED) is 0.293. The molecule has 2 fully saturated rings. The molecular weight excluding hydrogens is 438 g/mol. The number of amides is 3. The molecule has 0 aromatic heterocycles. The van der Waals surface area contributed by atoms with Crippen LogP contribution in [0.1, 0.15) is 12.0 Å². The average molecular weight is 461 g/mol. The predicted molar refractivity (Wildman–Crippen MR) is 122 cm³/mol. The summed E-state index contributed by atoms with van der Waals surface area (Å²) in [7, 11) is 1.39. The Hall–Kier alpha value is -4.01. The third-order valence-corrected chi connectivity index (χ3v) is 7.05. The van der Waals surface area contributed by atoms with Gasteiger partial charge >= 0.3 is 0 Å². The van der Waals surface area contributed by atoms with Gasteiger partial charge in [0.25, 0.3) is 5.69 Å². The van der Waals surface area contributed by atoms with Crippen LogP contribution in [0.5, 0.6) is 5.75 Å². The molecular formula is C25H23N3O6. The molecule has 2 aliphatic carbocycles. The Morgan fingerprint density at radius 1 is 1.12 bits per heavy atom. The number of hydrogen-bond acceptors (Lipinski definition) is 6. The van der Waals surface area contributed by atoms with E-state index in [1.54, 1.807) is 0 Å². The van der Waals surface area contributed by atoms with Gasteiger partial charge in [0.1, 0.15) is 17.5 Å². The zero-order valence-corrected chi connectivity index (χ0v) is 18.4. The number of ether oxygens (including phenoxy) is 1. The number of nitro groups is 1.